The lowest BCUT2D eigenvalue weighted by atomic mass is 9.68. The average Bonchev–Trinajstić information content (AvgIpc) is 2.93. The third-order valence-electron chi connectivity index (χ3n) is 6.18. The number of benzene rings is 1. The van der Waals surface area contributed by atoms with Gasteiger partial charge in [-0.15, -0.1) is 0 Å². The fourth-order valence-electron chi connectivity index (χ4n) is 4.79. The third-order valence-corrected chi connectivity index (χ3v) is 6.18. The number of hydrogen-bond donors (Lipinski definition) is 1. The number of ether oxygens (including phenoxy) is 2. The molecule has 0 unspecified atom stereocenters. The van der Waals surface area contributed by atoms with Gasteiger partial charge in [0, 0.05) is 30.8 Å². The van der Waals surface area contributed by atoms with Crippen LogP contribution in [0.2, 0.25) is 0 Å². The van der Waals surface area contributed by atoms with Crippen LogP contribution in [0.25, 0.3) is 11.1 Å². The standard InChI is InChI=1S/C21H21FN4O3/c1-11-17-16(7-9-28-11)29-15-6-5-12(13-4-3-8-24-18(13)22)10-14(15)21(17)19(27)26(2)20(23)25-21/h3-6,8,10-11,16-17H,7,9H2,1-2H3,(H2,23,25)/t11-,16+,17+,21+/m0/s1. The van der Waals surface area contributed by atoms with E-state index >= 15 is 0 Å². The van der Waals surface area contributed by atoms with Crippen LogP contribution in [0.15, 0.2) is 41.5 Å². The Morgan fingerprint density at radius 2 is 2.17 bits per heavy atom. The summed E-state index contributed by atoms with van der Waals surface area (Å²) in [6.45, 7) is 2.48. The molecule has 1 spiro atoms. The fraction of sp³-hybridized carbons (Fsp3) is 0.381. The largest absolute Gasteiger partial charge is 0.489 e. The molecule has 0 bridgehead atoms. The quantitative estimate of drug-likeness (QED) is 0.746. The normalized spacial score (nSPS) is 30.6. The Morgan fingerprint density at radius 3 is 2.90 bits per heavy atom. The minimum Gasteiger partial charge on any atom is -0.489 e. The zero-order valence-corrected chi connectivity index (χ0v) is 16.1. The highest BCUT2D eigenvalue weighted by molar-refractivity contribution is 6.07. The van der Waals surface area contributed by atoms with Crippen molar-refractivity contribution in [3.8, 4) is 16.9 Å². The Morgan fingerprint density at radius 1 is 1.34 bits per heavy atom. The molecule has 0 radical (unpaired) electrons. The van der Waals surface area contributed by atoms with Crippen LogP contribution in [0.5, 0.6) is 5.75 Å². The number of aromatic nitrogens is 1. The molecule has 0 aliphatic carbocycles. The smallest absolute Gasteiger partial charge is 0.262 e. The van der Waals surface area contributed by atoms with E-state index in [4.69, 9.17) is 15.2 Å². The molecular formula is C21H21FN4O3. The summed E-state index contributed by atoms with van der Waals surface area (Å²) in [6, 6.07) is 8.62. The van der Waals surface area contributed by atoms with Crippen LogP contribution in [0.4, 0.5) is 4.39 Å². The van der Waals surface area contributed by atoms with Crippen molar-refractivity contribution < 1.29 is 18.7 Å². The summed E-state index contributed by atoms with van der Waals surface area (Å²) >= 11 is 0. The molecule has 1 aromatic heterocycles. The zero-order valence-electron chi connectivity index (χ0n) is 16.1. The molecule has 29 heavy (non-hydrogen) atoms. The van der Waals surface area contributed by atoms with Crippen molar-refractivity contribution in [2.24, 2.45) is 16.6 Å². The van der Waals surface area contributed by atoms with Gasteiger partial charge in [-0.3, -0.25) is 9.69 Å². The van der Waals surface area contributed by atoms with E-state index in [0.29, 0.717) is 35.5 Å². The van der Waals surface area contributed by atoms with Gasteiger partial charge in [-0.2, -0.15) is 4.39 Å². The molecule has 1 fully saturated rings. The number of carbonyl (C=O) groups is 1. The number of carbonyl (C=O) groups excluding carboxylic acids is 1. The molecule has 4 heterocycles. The molecule has 4 atom stereocenters. The molecule has 3 aliphatic heterocycles. The fourth-order valence-corrected chi connectivity index (χ4v) is 4.79. The minimum atomic E-state index is -1.26. The highest BCUT2D eigenvalue weighted by Gasteiger charge is 2.62. The Kier molecular flexibility index (Phi) is 3.89. The van der Waals surface area contributed by atoms with E-state index in [1.54, 1.807) is 37.4 Å². The molecule has 1 aromatic carbocycles. The van der Waals surface area contributed by atoms with Gasteiger partial charge in [0.25, 0.3) is 5.91 Å². The van der Waals surface area contributed by atoms with Crippen molar-refractivity contribution in [2.45, 2.75) is 31.1 Å². The monoisotopic (exact) mass is 396 g/mol. The third kappa shape index (κ3) is 2.42. The maximum absolute atomic E-state index is 14.3. The maximum Gasteiger partial charge on any atom is 0.262 e. The van der Waals surface area contributed by atoms with E-state index in [2.05, 4.69) is 9.98 Å². The molecule has 7 nitrogen and oxygen atoms in total. The molecule has 2 N–H and O–H groups in total. The molecule has 1 saturated heterocycles. The number of guanidine groups is 1. The summed E-state index contributed by atoms with van der Waals surface area (Å²) in [5.41, 5.74) is 6.33. The first-order chi connectivity index (χ1) is 13.9. The summed E-state index contributed by atoms with van der Waals surface area (Å²) in [5.74, 6) is -0.432. The number of pyridine rings is 1. The van der Waals surface area contributed by atoms with E-state index in [1.165, 1.54) is 11.1 Å². The van der Waals surface area contributed by atoms with Gasteiger partial charge < -0.3 is 15.2 Å². The van der Waals surface area contributed by atoms with E-state index in [-0.39, 0.29) is 30.0 Å². The van der Waals surface area contributed by atoms with E-state index in [0.717, 1.165) is 0 Å². The lowest BCUT2D eigenvalue weighted by Crippen LogP contribution is -2.58. The summed E-state index contributed by atoms with van der Waals surface area (Å²) in [7, 11) is 1.61. The molecule has 1 amide bonds. The second-order valence-electron chi connectivity index (χ2n) is 7.70. The summed E-state index contributed by atoms with van der Waals surface area (Å²) in [6.07, 6.45) is 1.57. The molecule has 0 saturated carbocycles. The van der Waals surface area contributed by atoms with Crippen molar-refractivity contribution in [3.05, 3.63) is 48.0 Å². The first-order valence-electron chi connectivity index (χ1n) is 9.60. The van der Waals surface area contributed by atoms with Gasteiger partial charge in [0.2, 0.25) is 5.95 Å². The van der Waals surface area contributed by atoms with Gasteiger partial charge in [-0.1, -0.05) is 6.07 Å². The van der Waals surface area contributed by atoms with E-state index in [1.807, 2.05) is 6.92 Å². The van der Waals surface area contributed by atoms with Crippen LogP contribution in [0.3, 0.4) is 0 Å². The van der Waals surface area contributed by atoms with Crippen molar-refractivity contribution in [1.29, 1.82) is 0 Å². The maximum atomic E-state index is 14.3. The van der Waals surface area contributed by atoms with Gasteiger partial charge in [0.1, 0.15) is 11.9 Å². The second-order valence-corrected chi connectivity index (χ2v) is 7.70. The lowest BCUT2D eigenvalue weighted by Gasteiger charge is -2.48. The predicted octanol–water partition coefficient (Wildman–Crippen LogP) is 2.06. The Bertz CT molecular complexity index is 1040. The first kappa shape index (κ1) is 18.1. The van der Waals surface area contributed by atoms with E-state index < -0.39 is 11.5 Å². The molecular weight excluding hydrogens is 375 g/mol. The molecule has 2 aromatic rings. The number of aliphatic imine (C=N–C) groups is 1. The van der Waals surface area contributed by atoms with Crippen molar-refractivity contribution in [3.63, 3.8) is 0 Å². The van der Waals surface area contributed by atoms with Crippen LogP contribution in [-0.2, 0) is 15.1 Å². The number of nitrogens with two attached hydrogens (primary N) is 1. The Balaban J connectivity index is 1.76. The summed E-state index contributed by atoms with van der Waals surface area (Å²) < 4.78 is 26.5. The Labute approximate surface area is 167 Å². The number of amides is 1. The lowest BCUT2D eigenvalue weighted by molar-refractivity contribution is -0.149. The number of fused-ring (bicyclic) bond motifs is 4. The van der Waals surface area contributed by atoms with Crippen LogP contribution in [-0.4, -0.2) is 47.6 Å². The van der Waals surface area contributed by atoms with Gasteiger partial charge in [0.15, 0.2) is 11.5 Å². The minimum absolute atomic E-state index is 0.150. The molecule has 3 aliphatic rings. The van der Waals surface area contributed by atoms with Crippen molar-refractivity contribution in [1.82, 2.24) is 9.88 Å². The van der Waals surface area contributed by atoms with Crippen LogP contribution >= 0.6 is 0 Å². The number of halogens is 1. The van der Waals surface area contributed by atoms with E-state index in [9.17, 15) is 9.18 Å². The van der Waals surface area contributed by atoms with Crippen molar-refractivity contribution >= 4 is 11.9 Å². The number of nitrogens with zero attached hydrogens (tertiary/aromatic N) is 3. The van der Waals surface area contributed by atoms with Crippen LogP contribution in [0.1, 0.15) is 18.9 Å². The average molecular weight is 396 g/mol. The summed E-state index contributed by atoms with van der Waals surface area (Å²) in [4.78, 5) is 23.3. The highest BCUT2D eigenvalue weighted by atomic mass is 19.1. The number of likely N-dealkylation sites (N-methyl/N-ethyl adjacent to an activating group) is 1. The SMILES string of the molecule is C[C@@H]1OCC[C@H]2Oc3ccc(-c4cccnc4F)cc3[C@@]3(N=C(N)N(C)C3=O)[C@H]12. The molecule has 5 rings (SSSR count). The number of rotatable bonds is 1. The predicted molar refractivity (Wildman–Crippen MR) is 104 cm³/mol. The highest BCUT2D eigenvalue weighted by Crippen LogP contribution is 2.53. The van der Waals surface area contributed by atoms with Crippen LogP contribution in [0, 0.1) is 11.9 Å². The molecule has 8 heteroatoms. The van der Waals surface area contributed by atoms with Gasteiger partial charge >= 0.3 is 0 Å². The zero-order chi connectivity index (χ0) is 20.3. The summed E-state index contributed by atoms with van der Waals surface area (Å²) in [5, 5.41) is 0. The first-order valence-corrected chi connectivity index (χ1v) is 9.60. The second kappa shape index (κ2) is 6.25. The Hall–Kier alpha value is -3.00. The van der Waals surface area contributed by atoms with Gasteiger partial charge in [0.05, 0.1) is 18.6 Å². The molecule has 150 valence electrons. The number of hydrogen-bond acceptors (Lipinski definition) is 6. The topological polar surface area (TPSA) is 90.0 Å². The van der Waals surface area contributed by atoms with Crippen molar-refractivity contribution in [2.75, 3.05) is 13.7 Å². The van der Waals surface area contributed by atoms with Gasteiger partial charge in [-0.25, -0.2) is 9.98 Å². The van der Waals surface area contributed by atoms with Crippen LogP contribution < -0.4 is 10.5 Å². The van der Waals surface area contributed by atoms with Gasteiger partial charge in [-0.05, 0) is 36.8 Å².